The number of fused-ring (bicyclic) bond motifs is 1. The van der Waals surface area contributed by atoms with E-state index < -0.39 is 0 Å². The summed E-state index contributed by atoms with van der Waals surface area (Å²) < 4.78 is 5.51. The van der Waals surface area contributed by atoms with Gasteiger partial charge in [0.15, 0.2) is 0 Å². The highest BCUT2D eigenvalue weighted by molar-refractivity contribution is 5.80. The van der Waals surface area contributed by atoms with Crippen LogP contribution in [-0.4, -0.2) is 53.5 Å². The molecule has 3 atom stereocenters. The number of methoxy groups -OCH3 is 1. The van der Waals surface area contributed by atoms with Crippen molar-refractivity contribution < 1.29 is 9.53 Å². The quantitative estimate of drug-likeness (QED) is 0.732. The number of aromatic nitrogens is 1. The minimum atomic E-state index is 0.247. The van der Waals surface area contributed by atoms with Gasteiger partial charge in [-0.3, -0.25) is 14.7 Å². The first kappa shape index (κ1) is 20.5. The lowest BCUT2D eigenvalue weighted by Crippen LogP contribution is -2.48. The van der Waals surface area contributed by atoms with E-state index >= 15 is 0 Å². The van der Waals surface area contributed by atoms with Crippen LogP contribution >= 0.6 is 0 Å². The summed E-state index contributed by atoms with van der Waals surface area (Å²) in [5.74, 6) is 2.37. The molecular weight excluding hydrogens is 386 g/mol. The number of nitrogens with zero attached hydrogens (tertiary/aromatic N) is 3. The predicted octanol–water partition coefficient (Wildman–Crippen LogP) is 4.10. The molecule has 0 N–H and O–H groups in total. The Kier molecular flexibility index (Phi) is 5.95. The summed E-state index contributed by atoms with van der Waals surface area (Å²) in [5.41, 5.74) is 2.42. The van der Waals surface area contributed by atoms with Crippen molar-refractivity contribution in [3.63, 3.8) is 0 Å². The molecule has 164 valence electrons. The van der Waals surface area contributed by atoms with E-state index in [0.717, 1.165) is 56.9 Å². The number of carbonyl (C=O) groups is 1. The van der Waals surface area contributed by atoms with E-state index in [9.17, 15) is 4.79 Å². The van der Waals surface area contributed by atoms with Crippen molar-refractivity contribution in [3.05, 3.63) is 59.9 Å². The number of pyridine rings is 1. The fourth-order valence-electron chi connectivity index (χ4n) is 6.05. The highest BCUT2D eigenvalue weighted by Gasteiger charge is 2.48. The van der Waals surface area contributed by atoms with E-state index in [2.05, 4.69) is 45.1 Å². The van der Waals surface area contributed by atoms with Gasteiger partial charge in [-0.1, -0.05) is 31.0 Å². The van der Waals surface area contributed by atoms with Gasteiger partial charge >= 0.3 is 0 Å². The molecule has 2 aromatic rings. The van der Waals surface area contributed by atoms with Crippen LogP contribution in [0.5, 0.6) is 5.75 Å². The molecule has 1 amide bonds. The van der Waals surface area contributed by atoms with Gasteiger partial charge in [0.05, 0.1) is 12.8 Å². The highest BCUT2D eigenvalue weighted by Crippen LogP contribution is 2.44. The summed E-state index contributed by atoms with van der Waals surface area (Å²) in [7, 11) is 1.72. The number of piperidine rings is 1. The van der Waals surface area contributed by atoms with Gasteiger partial charge in [0.2, 0.25) is 5.91 Å². The zero-order valence-electron chi connectivity index (χ0n) is 18.5. The Balaban J connectivity index is 1.39. The van der Waals surface area contributed by atoms with E-state index in [4.69, 9.17) is 4.74 Å². The van der Waals surface area contributed by atoms with Crippen LogP contribution in [0.3, 0.4) is 0 Å². The molecule has 3 heterocycles. The van der Waals surface area contributed by atoms with Crippen LogP contribution in [0, 0.1) is 11.8 Å². The molecule has 3 aliphatic rings. The van der Waals surface area contributed by atoms with Gasteiger partial charge in [0.1, 0.15) is 5.75 Å². The van der Waals surface area contributed by atoms with Gasteiger partial charge in [-0.2, -0.15) is 0 Å². The second kappa shape index (κ2) is 8.99. The van der Waals surface area contributed by atoms with Crippen molar-refractivity contribution in [1.29, 1.82) is 0 Å². The van der Waals surface area contributed by atoms with Gasteiger partial charge < -0.3 is 9.64 Å². The van der Waals surface area contributed by atoms with E-state index in [1.54, 1.807) is 7.11 Å². The smallest absolute Gasteiger partial charge is 0.225 e. The van der Waals surface area contributed by atoms with Crippen LogP contribution in [0.25, 0.3) is 0 Å². The molecule has 0 spiro atoms. The third kappa shape index (κ3) is 4.20. The van der Waals surface area contributed by atoms with Gasteiger partial charge in [-0.25, -0.2) is 0 Å². The normalized spacial score (nSPS) is 26.7. The van der Waals surface area contributed by atoms with Crippen LogP contribution in [0.15, 0.2) is 48.7 Å². The van der Waals surface area contributed by atoms with Crippen molar-refractivity contribution in [2.24, 2.45) is 11.8 Å². The van der Waals surface area contributed by atoms with E-state index in [-0.39, 0.29) is 5.92 Å². The molecule has 1 aliphatic carbocycles. The zero-order chi connectivity index (χ0) is 21.2. The number of amides is 1. The lowest BCUT2D eigenvalue weighted by molar-refractivity contribution is -0.137. The lowest BCUT2D eigenvalue weighted by atomic mass is 9.81. The summed E-state index contributed by atoms with van der Waals surface area (Å²) in [6, 6.07) is 15.0. The number of ether oxygens (including phenoxy) is 1. The second-order valence-electron chi connectivity index (χ2n) is 9.43. The van der Waals surface area contributed by atoms with E-state index in [1.807, 2.05) is 18.3 Å². The third-order valence-corrected chi connectivity index (χ3v) is 7.64. The molecule has 2 saturated heterocycles. The molecule has 3 fully saturated rings. The fourth-order valence-corrected chi connectivity index (χ4v) is 6.05. The van der Waals surface area contributed by atoms with Crippen molar-refractivity contribution in [1.82, 2.24) is 14.8 Å². The SMILES string of the molecule is COc1cccc([C@H]2CN(C(=O)C3CCCC3)[C@@H]3CCN(Cc4ccccn4)C[C@H]23)c1. The standard InChI is InChI=1S/C26H33N3O2/c1-31-22-11-6-9-20(15-22)23-18-29(26(30)19-7-2-3-8-19)25-12-14-28(17-24(23)25)16-21-10-4-5-13-27-21/h4-6,9-11,13,15,19,23-25H,2-3,7-8,12,14,16-18H2,1H3/t23-,24-,25-/m1/s1. The molecule has 2 aliphatic heterocycles. The maximum atomic E-state index is 13.5. The van der Waals surface area contributed by atoms with Crippen molar-refractivity contribution in [2.45, 2.75) is 50.6 Å². The summed E-state index contributed by atoms with van der Waals surface area (Å²) in [5, 5.41) is 0. The maximum absolute atomic E-state index is 13.5. The minimum Gasteiger partial charge on any atom is -0.497 e. The van der Waals surface area contributed by atoms with Crippen LogP contribution < -0.4 is 4.74 Å². The molecule has 5 nitrogen and oxygen atoms in total. The zero-order valence-corrected chi connectivity index (χ0v) is 18.5. The first-order chi connectivity index (χ1) is 15.2. The molecule has 1 aromatic heterocycles. The summed E-state index contributed by atoms with van der Waals surface area (Å²) in [6.07, 6.45) is 7.48. The maximum Gasteiger partial charge on any atom is 0.225 e. The number of carbonyl (C=O) groups excluding carboxylic acids is 1. The second-order valence-corrected chi connectivity index (χ2v) is 9.43. The molecule has 5 rings (SSSR count). The number of hydrogen-bond acceptors (Lipinski definition) is 4. The summed E-state index contributed by atoms with van der Waals surface area (Å²) >= 11 is 0. The van der Waals surface area contributed by atoms with Crippen LogP contribution in [0.2, 0.25) is 0 Å². The Morgan fingerprint density at radius 2 is 1.97 bits per heavy atom. The molecule has 0 bridgehead atoms. The minimum absolute atomic E-state index is 0.247. The van der Waals surface area contributed by atoms with Crippen molar-refractivity contribution in [2.75, 3.05) is 26.7 Å². The molecule has 1 saturated carbocycles. The highest BCUT2D eigenvalue weighted by atomic mass is 16.5. The number of rotatable bonds is 5. The van der Waals surface area contributed by atoms with Crippen LogP contribution in [0.4, 0.5) is 0 Å². The third-order valence-electron chi connectivity index (χ3n) is 7.64. The Labute approximate surface area is 185 Å². The molecule has 0 unspecified atom stereocenters. The number of hydrogen-bond donors (Lipinski definition) is 0. The first-order valence-electron chi connectivity index (χ1n) is 11.8. The molecular formula is C26H33N3O2. The Morgan fingerprint density at radius 3 is 2.74 bits per heavy atom. The van der Waals surface area contributed by atoms with Crippen molar-refractivity contribution in [3.8, 4) is 5.75 Å². The number of likely N-dealkylation sites (tertiary alicyclic amines) is 2. The predicted molar refractivity (Wildman–Crippen MR) is 121 cm³/mol. The monoisotopic (exact) mass is 419 g/mol. The van der Waals surface area contributed by atoms with Crippen LogP contribution in [0.1, 0.15) is 49.3 Å². The topological polar surface area (TPSA) is 45.7 Å². The fraction of sp³-hybridized carbons (Fsp3) is 0.538. The van der Waals surface area contributed by atoms with E-state index in [1.165, 1.54) is 18.4 Å². The van der Waals surface area contributed by atoms with Gasteiger partial charge in [0, 0.05) is 56.2 Å². The van der Waals surface area contributed by atoms with Gasteiger partial charge in [0.25, 0.3) is 0 Å². The molecule has 1 aromatic carbocycles. The average molecular weight is 420 g/mol. The number of benzene rings is 1. The van der Waals surface area contributed by atoms with Crippen LogP contribution in [-0.2, 0) is 11.3 Å². The van der Waals surface area contributed by atoms with E-state index in [0.29, 0.717) is 23.8 Å². The van der Waals surface area contributed by atoms with Gasteiger partial charge in [-0.15, -0.1) is 0 Å². The summed E-state index contributed by atoms with van der Waals surface area (Å²) in [6.45, 7) is 3.76. The molecule has 5 heteroatoms. The van der Waals surface area contributed by atoms with Gasteiger partial charge in [-0.05, 0) is 49.1 Å². The Hall–Kier alpha value is -2.40. The lowest BCUT2D eigenvalue weighted by Gasteiger charge is -2.39. The Bertz CT molecular complexity index is 897. The average Bonchev–Trinajstić information content (AvgIpc) is 3.48. The largest absolute Gasteiger partial charge is 0.497 e. The summed E-state index contributed by atoms with van der Waals surface area (Å²) in [4.78, 5) is 22.8. The molecule has 31 heavy (non-hydrogen) atoms. The van der Waals surface area contributed by atoms with Crippen molar-refractivity contribution >= 4 is 5.91 Å². The Morgan fingerprint density at radius 1 is 1.10 bits per heavy atom. The molecule has 0 radical (unpaired) electrons. The first-order valence-corrected chi connectivity index (χ1v) is 11.8.